The van der Waals surface area contributed by atoms with Crippen LogP contribution in [0.15, 0.2) is 36.8 Å². The molecule has 0 atom stereocenters. The second-order valence-corrected chi connectivity index (χ2v) is 7.35. The van der Waals surface area contributed by atoms with E-state index in [1.54, 1.807) is 0 Å². The Morgan fingerprint density at radius 2 is 2.04 bits per heavy atom. The van der Waals surface area contributed by atoms with Gasteiger partial charge in [-0.1, -0.05) is 30.7 Å². The van der Waals surface area contributed by atoms with Crippen LogP contribution in [0.3, 0.4) is 0 Å². The molecule has 25 heavy (non-hydrogen) atoms. The zero-order chi connectivity index (χ0) is 18.2. The van der Waals surface area contributed by atoms with Crippen molar-refractivity contribution in [3.63, 3.8) is 0 Å². The van der Waals surface area contributed by atoms with E-state index < -0.39 is 0 Å². The van der Waals surface area contributed by atoms with Crippen molar-refractivity contribution in [1.29, 1.82) is 0 Å². The fourth-order valence-electron chi connectivity index (χ4n) is 2.76. The van der Waals surface area contributed by atoms with Crippen molar-refractivity contribution in [3.8, 4) is 11.1 Å². The van der Waals surface area contributed by atoms with Crippen LogP contribution in [0.1, 0.15) is 34.1 Å². The minimum Gasteiger partial charge on any atom is -0.326 e. The van der Waals surface area contributed by atoms with Gasteiger partial charge in [-0.15, -0.1) is 0 Å². The number of amides is 1. The van der Waals surface area contributed by atoms with E-state index in [0.717, 1.165) is 22.2 Å². The number of hydrogen-bond acceptors (Lipinski definition) is 3. The molecule has 3 aromatic rings. The standard InChI is InChI=1S/C19H21ClN4O/c1-5-15(25)23-17-16-14(12-7-6-8-13(20)9-12)10-24(19(2,3)4)18(16)22-11-21-17/h6-11H,5H2,1-4H3,(H,21,22,23,25). The Bertz CT molecular complexity index is 940. The van der Waals surface area contributed by atoms with E-state index in [9.17, 15) is 4.79 Å². The van der Waals surface area contributed by atoms with E-state index in [1.807, 2.05) is 37.4 Å². The lowest BCUT2D eigenvalue weighted by Gasteiger charge is -2.21. The molecule has 6 heteroatoms. The normalized spacial score (nSPS) is 11.7. The molecule has 2 heterocycles. The van der Waals surface area contributed by atoms with E-state index in [4.69, 9.17) is 11.6 Å². The highest BCUT2D eigenvalue weighted by atomic mass is 35.5. The van der Waals surface area contributed by atoms with Gasteiger partial charge in [0.1, 0.15) is 17.8 Å². The van der Waals surface area contributed by atoms with Gasteiger partial charge < -0.3 is 9.88 Å². The number of carbonyl (C=O) groups is 1. The number of rotatable bonds is 3. The van der Waals surface area contributed by atoms with Crippen LogP contribution in [0, 0.1) is 0 Å². The summed E-state index contributed by atoms with van der Waals surface area (Å²) in [4.78, 5) is 20.7. The van der Waals surface area contributed by atoms with Crippen LogP contribution in [0.4, 0.5) is 5.82 Å². The molecule has 5 nitrogen and oxygen atoms in total. The second-order valence-electron chi connectivity index (χ2n) is 6.92. The summed E-state index contributed by atoms with van der Waals surface area (Å²) in [6.07, 6.45) is 3.92. The molecule has 3 rings (SSSR count). The Hall–Kier alpha value is -2.40. The first-order chi connectivity index (χ1) is 11.8. The van der Waals surface area contributed by atoms with Crippen LogP contribution in [0.25, 0.3) is 22.2 Å². The summed E-state index contributed by atoms with van der Waals surface area (Å²) in [6.45, 7) is 8.15. The van der Waals surface area contributed by atoms with Gasteiger partial charge in [0.05, 0.1) is 5.39 Å². The average molecular weight is 357 g/mol. The van der Waals surface area contributed by atoms with E-state index in [2.05, 4.69) is 40.6 Å². The van der Waals surface area contributed by atoms with Crippen molar-refractivity contribution in [2.45, 2.75) is 39.7 Å². The minimum atomic E-state index is -0.171. The van der Waals surface area contributed by atoms with Gasteiger partial charge in [-0.25, -0.2) is 9.97 Å². The first-order valence-corrected chi connectivity index (χ1v) is 8.61. The maximum absolute atomic E-state index is 11.9. The van der Waals surface area contributed by atoms with E-state index in [-0.39, 0.29) is 11.4 Å². The predicted octanol–water partition coefficient (Wildman–Crippen LogP) is 4.86. The molecule has 0 saturated heterocycles. The van der Waals surface area contributed by atoms with Gasteiger partial charge in [-0.2, -0.15) is 0 Å². The van der Waals surface area contributed by atoms with Crippen molar-refractivity contribution in [2.75, 3.05) is 5.32 Å². The number of hydrogen-bond donors (Lipinski definition) is 1. The number of nitrogens with zero attached hydrogens (tertiary/aromatic N) is 3. The van der Waals surface area contributed by atoms with Gasteiger partial charge in [0.15, 0.2) is 0 Å². The molecule has 0 spiro atoms. The zero-order valence-corrected chi connectivity index (χ0v) is 15.6. The fourth-order valence-corrected chi connectivity index (χ4v) is 2.95. The van der Waals surface area contributed by atoms with Crippen LogP contribution < -0.4 is 5.32 Å². The molecule has 0 fully saturated rings. The molecule has 0 aliphatic rings. The fraction of sp³-hybridized carbons (Fsp3) is 0.316. The highest BCUT2D eigenvalue weighted by Gasteiger charge is 2.23. The minimum absolute atomic E-state index is 0.0828. The van der Waals surface area contributed by atoms with Gasteiger partial charge >= 0.3 is 0 Å². The summed E-state index contributed by atoms with van der Waals surface area (Å²) < 4.78 is 2.10. The van der Waals surface area contributed by atoms with Gasteiger partial charge in [0.2, 0.25) is 5.91 Å². The first-order valence-electron chi connectivity index (χ1n) is 8.23. The third kappa shape index (κ3) is 3.37. The molecule has 1 aromatic carbocycles. The zero-order valence-electron chi connectivity index (χ0n) is 14.8. The maximum atomic E-state index is 11.9. The SMILES string of the molecule is CCC(=O)Nc1ncnc2c1c(-c1cccc(Cl)c1)cn2C(C)(C)C. The van der Waals surface area contributed by atoms with Crippen molar-refractivity contribution < 1.29 is 4.79 Å². The van der Waals surface area contributed by atoms with Crippen LogP contribution in [0.2, 0.25) is 5.02 Å². The number of anilines is 1. The van der Waals surface area contributed by atoms with Crippen LogP contribution in [-0.2, 0) is 10.3 Å². The van der Waals surface area contributed by atoms with Crippen molar-refractivity contribution in [3.05, 3.63) is 41.8 Å². The van der Waals surface area contributed by atoms with Crippen LogP contribution in [-0.4, -0.2) is 20.4 Å². The monoisotopic (exact) mass is 356 g/mol. The average Bonchev–Trinajstić information content (AvgIpc) is 2.95. The molecule has 1 amide bonds. The summed E-state index contributed by atoms with van der Waals surface area (Å²) in [7, 11) is 0. The molecule has 1 N–H and O–H groups in total. The lowest BCUT2D eigenvalue weighted by molar-refractivity contribution is -0.115. The van der Waals surface area contributed by atoms with Gasteiger partial charge in [0, 0.05) is 28.7 Å². The Balaban J connectivity index is 2.33. The summed E-state index contributed by atoms with van der Waals surface area (Å²) in [6, 6.07) is 7.64. The van der Waals surface area contributed by atoms with Gasteiger partial charge in [-0.3, -0.25) is 4.79 Å². The Morgan fingerprint density at radius 1 is 1.28 bits per heavy atom. The topological polar surface area (TPSA) is 59.8 Å². The first kappa shape index (κ1) is 17.4. The van der Waals surface area contributed by atoms with Crippen molar-refractivity contribution in [1.82, 2.24) is 14.5 Å². The molecule has 0 saturated carbocycles. The molecule has 2 aromatic heterocycles. The molecular formula is C19H21ClN4O. The quantitative estimate of drug-likeness (QED) is 0.729. The number of halogens is 1. The Kier molecular flexibility index (Phi) is 4.52. The highest BCUT2D eigenvalue weighted by Crippen LogP contribution is 2.37. The summed E-state index contributed by atoms with van der Waals surface area (Å²) >= 11 is 6.18. The van der Waals surface area contributed by atoms with Gasteiger partial charge in [0.25, 0.3) is 0 Å². The third-order valence-corrected chi connectivity index (χ3v) is 4.26. The van der Waals surface area contributed by atoms with E-state index in [1.165, 1.54) is 6.33 Å². The third-order valence-electron chi connectivity index (χ3n) is 4.02. The molecule has 0 radical (unpaired) electrons. The Labute approximate surface area is 152 Å². The van der Waals surface area contributed by atoms with Crippen molar-refractivity contribution in [2.24, 2.45) is 0 Å². The van der Waals surface area contributed by atoms with E-state index in [0.29, 0.717) is 17.3 Å². The smallest absolute Gasteiger partial charge is 0.225 e. The summed E-state index contributed by atoms with van der Waals surface area (Å²) in [5.41, 5.74) is 2.51. The second kappa shape index (κ2) is 6.48. The summed E-state index contributed by atoms with van der Waals surface area (Å²) in [5, 5.41) is 4.37. The molecular weight excluding hydrogens is 336 g/mol. The molecule has 130 valence electrons. The molecule has 0 aliphatic carbocycles. The number of benzene rings is 1. The van der Waals surface area contributed by atoms with Crippen LogP contribution in [0.5, 0.6) is 0 Å². The predicted molar refractivity (Wildman–Crippen MR) is 102 cm³/mol. The number of aromatic nitrogens is 3. The highest BCUT2D eigenvalue weighted by molar-refractivity contribution is 6.31. The van der Waals surface area contributed by atoms with Crippen LogP contribution >= 0.6 is 11.6 Å². The van der Waals surface area contributed by atoms with E-state index >= 15 is 0 Å². The largest absolute Gasteiger partial charge is 0.326 e. The number of fused-ring (bicyclic) bond motifs is 1. The molecule has 0 unspecified atom stereocenters. The molecule has 0 bridgehead atoms. The van der Waals surface area contributed by atoms with Gasteiger partial charge in [-0.05, 0) is 38.5 Å². The number of carbonyl (C=O) groups excluding carboxylic acids is 1. The Morgan fingerprint density at radius 3 is 2.68 bits per heavy atom. The van der Waals surface area contributed by atoms with Crippen molar-refractivity contribution >= 4 is 34.4 Å². The number of nitrogens with one attached hydrogen (secondary N) is 1. The lowest BCUT2D eigenvalue weighted by atomic mass is 10.1. The molecule has 0 aliphatic heterocycles. The lowest BCUT2D eigenvalue weighted by Crippen LogP contribution is -2.21. The summed E-state index contributed by atoms with van der Waals surface area (Å²) in [5.74, 6) is 0.440. The maximum Gasteiger partial charge on any atom is 0.225 e.